The van der Waals surface area contributed by atoms with Gasteiger partial charge in [-0.05, 0) is 44.7 Å². The van der Waals surface area contributed by atoms with Crippen molar-refractivity contribution in [2.75, 3.05) is 26.4 Å². The normalized spacial score (nSPS) is 11.1. The summed E-state index contributed by atoms with van der Waals surface area (Å²) in [5.41, 5.74) is 2.27. The van der Waals surface area contributed by atoms with Gasteiger partial charge < -0.3 is 24.3 Å². The predicted octanol–water partition coefficient (Wildman–Crippen LogP) is 2.75. The van der Waals surface area contributed by atoms with Gasteiger partial charge in [-0.1, -0.05) is 0 Å². The van der Waals surface area contributed by atoms with Gasteiger partial charge in [0, 0.05) is 37.4 Å². The standard InChI is InChI=1S/C18H27NO4/c1-3-22-17-11-15-14(7-5-9-20)13-19(8-6-10-21)16(15)12-18(17)23-4-2/h11-13,20-21H,3-10H2,1-2H3. The molecule has 1 heterocycles. The van der Waals surface area contributed by atoms with E-state index >= 15 is 0 Å². The van der Waals surface area contributed by atoms with Gasteiger partial charge in [-0.2, -0.15) is 0 Å². The van der Waals surface area contributed by atoms with Crippen LogP contribution >= 0.6 is 0 Å². The highest BCUT2D eigenvalue weighted by atomic mass is 16.5. The van der Waals surface area contributed by atoms with Crippen LogP contribution in [-0.4, -0.2) is 41.2 Å². The maximum atomic E-state index is 9.12. The van der Waals surface area contributed by atoms with E-state index in [0.29, 0.717) is 19.6 Å². The molecule has 0 saturated carbocycles. The van der Waals surface area contributed by atoms with E-state index in [1.54, 1.807) is 0 Å². The van der Waals surface area contributed by atoms with Crippen LogP contribution in [0.1, 0.15) is 32.3 Å². The third-order valence-electron chi connectivity index (χ3n) is 3.79. The van der Waals surface area contributed by atoms with Crippen molar-refractivity contribution in [1.82, 2.24) is 4.57 Å². The minimum absolute atomic E-state index is 0.168. The van der Waals surface area contributed by atoms with Crippen molar-refractivity contribution in [2.45, 2.75) is 39.7 Å². The van der Waals surface area contributed by atoms with Gasteiger partial charge in [-0.25, -0.2) is 0 Å². The average Bonchev–Trinajstić information content (AvgIpc) is 2.88. The lowest BCUT2D eigenvalue weighted by atomic mass is 10.1. The van der Waals surface area contributed by atoms with Crippen molar-refractivity contribution >= 4 is 10.9 Å². The zero-order valence-electron chi connectivity index (χ0n) is 14.0. The molecular formula is C18H27NO4. The number of aryl methyl sites for hydroxylation is 2. The quantitative estimate of drug-likeness (QED) is 0.706. The molecule has 5 nitrogen and oxygen atoms in total. The van der Waals surface area contributed by atoms with Crippen molar-refractivity contribution in [3.8, 4) is 11.5 Å². The lowest BCUT2D eigenvalue weighted by molar-refractivity contribution is 0.280. The fraction of sp³-hybridized carbons (Fsp3) is 0.556. The molecule has 0 spiro atoms. The lowest BCUT2D eigenvalue weighted by Gasteiger charge is -2.12. The van der Waals surface area contributed by atoms with Gasteiger partial charge >= 0.3 is 0 Å². The molecule has 0 fully saturated rings. The van der Waals surface area contributed by atoms with Gasteiger partial charge in [0.1, 0.15) is 0 Å². The number of aliphatic hydroxyl groups excluding tert-OH is 2. The third kappa shape index (κ3) is 4.18. The molecule has 0 aliphatic rings. The fourth-order valence-corrected chi connectivity index (χ4v) is 2.80. The van der Waals surface area contributed by atoms with Gasteiger partial charge in [0.05, 0.1) is 18.7 Å². The van der Waals surface area contributed by atoms with Gasteiger partial charge in [0.15, 0.2) is 11.5 Å². The van der Waals surface area contributed by atoms with E-state index in [0.717, 1.165) is 41.8 Å². The lowest BCUT2D eigenvalue weighted by Crippen LogP contribution is -2.01. The molecule has 0 unspecified atom stereocenters. The maximum absolute atomic E-state index is 9.12. The van der Waals surface area contributed by atoms with Crippen LogP contribution in [0.15, 0.2) is 18.3 Å². The van der Waals surface area contributed by atoms with Crippen molar-refractivity contribution in [3.63, 3.8) is 0 Å². The Balaban J connectivity index is 2.50. The Bertz CT molecular complexity index is 569. The van der Waals surface area contributed by atoms with Crippen molar-refractivity contribution in [3.05, 3.63) is 23.9 Å². The van der Waals surface area contributed by atoms with E-state index in [2.05, 4.69) is 10.8 Å². The number of nitrogens with zero attached hydrogens (tertiary/aromatic N) is 1. The van der Waals surface area contributed by atoms with Crippen LogP contribution in [0.2, 0.25) is 0 Å². The zero-order valence-corrected chi connectivity index (χ0v) is 14.0. The molecule has 0 atom stereocenters. The van der Waals surface area contributed by atoms with Crippen LogP contribution in [0.4, 0.5) is 0 Å². The molecule has 2 N–H and O–H groups in total. The predicted molar refractivity (Wildman–Crippen MR) is 91.4 cm³/mol. The first-order valence-electron chi connectivity index (χ1n) is 8.38. The minimum atomic E-state index is 0.168. The number of hydrogen-bond donors (Lipinski definition) is 2. The van der Waals surface area contributed by atoms with Crippen LogP contribution in [0.5, 0.6) is 11.5 Å². The minimum Gasteiger partial charge on any atom is -0.490 e. The van der Waals surface area contributed by atoms with E-state index in [9.17, 15) is 0 Å². The molecular weight excluding hydrogens is 294 g/mol. The molecule has 0 bridgehead atoms. The van der Waals surface area contributed by atoms with Gasteiger partial charge in [0.2, 0.25) is 0 Å². The second-order valence-corrected chi connectivity index (χ2v) is 5.43. The maximum Gasteiger partial charge on any atom is 0.163 e. The highest BCUT2D eigenvalue weighted by Crippen LogP contribution is 2.35. The summed E-state index contributed by atoms with van der Waals surface area (Å²) in [4.78, 5) is 0. The molecule has 2 aromatic rings. The van der Waals surface area contributed by atoms with E-state index < -0.39 is 0 Å². The Hall–Kier alpha value is -1.72. The largest absolute Gasteiger partial charge is 0.490 e. The highest BCUT2D eigenvalue weighted by Gasteiger charge is 2.14. The number of aromatic nitrogens is 1. The Labute approximate surface area is 137 Å². The molecule has 0 aliphatic heterocycles. The van der Waals surface area contributed by atoms with Crippen molar-refractivity contribution < 1.29 is 19.7 Å². The van der Waals surface area contributed by atoms with Crippen LogP contribution in [0.3, 0.4) is 0 Å². The number of aliphatic hydroxyl groups is 2. The number of benzene rings is 1. The SMILES string of the molecule is CCOc1cc2c(CCCO)cn(CCCO)c2cc1OCC. The Morgan fingerprint density at radius 3 is 2.22 bits per heavy atom. The summed E-state index contributed by atoms with van der Waals surface area (Å²) in [6.45, 7) is 6.19. The number of hydrogen-bond acceptors (Lipinski definition) is 4. The second-order valence-electron chi connectivity index (χ2n) is 5.43. The summed E-state index contributed by atoms with van der Waals surface area (Å²) >= 11 is 0. The first-order chi connectivity index (χ1) is 11.2. The summed E-state index contributed by atoms with van der Waals surface area (Å²) < 4.78 is 13.6. The molecule has 2 rings (SSSR count). The summed E-state index contributed by atoms with van der Waals surface area (Å²) in [5.74, 6) is 1.51. The highest BCUT2D eigenvalue weighted by molar-refractivity contribution is 5.87. The third-order valence-corrected chi connectivity index (χ3v) is 3.79. The Morgan fingerprint density at radius 2 is 1.61 bits per heavy atom. The molecule has 0 saturated heterocycles. The molecule has 5 heteroatoms. The van der Waals surface area contributed by atoms with Gasteiger partial charge in [0.25, 0.3) is 0 Å². The Morgan fingerprint density at radius 1 is 0.957 bits per heavy atom. The number of ether oxygens (including phenoxy) is 2. The van der Waals surface area contributed by atoms with E-state index in [1.165, 1.54) is 5.56 Å². The van der Waals surface area contributed by atoms with E-state index in [1.807, 2.05) is 26.0 Å². The summed E-state index contributed by atoms with van der Waals surface area (Å²) in [5, 5.41) is 19.4. The molecule has 0 amide bonds. The van der Waals surface area contributed by atoms with Crippen molar-refractivity contribution in [1.29, 1.82) is 0 Å². The topological polar surface area (TPSA) is 63.9 Å². The Kier molecular flexibility index (Phi) is 6.74. The first-order valence-corrected chi connectivity index (χ1v) is 8.38. The summed E-state index contributed by atoms with van der Waals surface area (Å²) in [6.07, 6.45) is 4.37. The molecule has 1 aromatic heterocycles. The van der Waals surface area contributed by atoms with Crippen LogP contribution in [-0.2, 0) is 13.0 Å². The van der Waals surface area contributed by atoms with Gasteiger partial charge in [-0.3, -0.25) is 0 Å². The summed E-state index contributed by atoms with van der Waals surface area (Å²) in [6, 6.07) is 4.05. The molecule has 0 radical (unpaired) electrons. The zero-order chi connectivity index (χ0) is 16.7. The molecule has 0 aliphatic carbocycles. The number of fused-ring (bicyclic) bond motifs is 1. The first kappa shape index (κ1) is 17.6. The average molecular weight is 321 g/mol. The number of rotatable bonds is 10. The molecule has 128 valence electrons. The molecule has 23 heavy (non-hydrogen) atoms. The van der Waals surface area contributed by atoms with Crippen LogP contribution in [0.25, 0.3) is 10.9 Å². The summed E-state index contributed by atoms with van der Waals surface area (Å²) in [7, 11) is 0. The van der Waals surface area contributed by atoms with E-state index in [-0.39, 0.29) is 13.2 Å². The van der Waals surface area contributed by atoms with Gasteiger partial charge in [-0.15, -0.1) is 0 Å². The smallest absolute Gasteiger partial charge is 0.163 e. The van der Waals surface area contributed by atoms with Crippen molar-refractivity contribution in [2.24, 2.45) is 0 Å². The monoisotopic (exact) mass is 321 g/mol. The van der Waals surface area contributed by atoms with E-state index in [4.69, 9.17) is 19.7 Å². The fourth-order valence-electron chi connectivity index (χ4n) is 2.80. The van der Waals surface area contributed by atoms with Crippen LogP contribution in [0, 0.1) is 0 Å². The van der Waals surface area contributed by atoms with Crippen LogP contribution < -0.4 is 9.47 Å². The molecule has 1 aromatic carbocycles. The second kappa shape index (κ2) is 8.79.